The van der Waals surface area contributed by atoms with Gasteiger partial charge in [-0.2, -0.15) is 0 Å². The topological polar surface area (TPSA) is 23.5 Å². The number of rotatable bonds is 4. The number of likely N-dealkylation sites (tertiary alicyclic amines) is 1. The van der Waals surface area contributed by atoms with Crippen LogP contribution >= 0.6 is 0 Å². The Balaban J connectivity index is 1.92. The van der Waals surface area contributed by atoms with Crippen molar-refractivity contribution in [3.63, 3.8) is 0 Å². The van der Waals surface area contributed by atoms with Crippen LogP contribution in [0.1, 0.15) is 52.4 Å². The Labute approximate surface area is 100 Å². The van der Waals surface area contributed by atoms with Gasteiger partial charge in [0, 0.05) is 24.6 Å². The van der Waals surface area contributed by atoms with E-state index in [9.17, 15) is 5.11 Å². The smallest absolute Gasteiger partial charge is 0.0494 e. The van der Waals surface area contributed by atoms with Crippen molar-refractivity contribution in [1.82, 2.24) is 4.90 Å². The molecule has 1 aliphatic carbocycles. The molecular formula is C14H27NO. The maximum atomic E-state index is 9.38. The molecule has 0 aromatic rings. The summed E-state index contributed by atoms with van der Waals surface area (Å²) in [7, 11) is 0. The van der Waals surface area contributed by atoms with Crippen molar-refractivity contribution in [3.05, 3.63) is 0 Å². The molecule has 0 amide bonds. The Bertz CT molecular complexity index is 221. The van der Waals surface area contributed by atoms with Crippen LogP contribution in [0.4, 0.5) is 0 Å². The van der Waals surface area contributed by atoms with Crippen LogP contribution in [0, 0.1) is 11.3 Å². The monoisotopic (exact) mass is 225 g/mol. The van der Waals surface area contributed by atoms with Gasteiger partial charge < -0.3 is 5.11 Å². The van der Waals surface area contributed by atoms with Crippen molar-refractivity contribution in [1.29, 1.82) is 0 Å². The SMILES string of the molecule is CC(C)(CO)CN1CCCC1C1CCCC1. The zero-order chi connectivity index (χ0) is 11.6. The van der Waals surface area contributed by atoms with Crippen LogP contribution in [0.25, 0.3) is 0 Å². The van der Waals surface area contributed by atoms with E-state index in [2.05, 4.69) is 18.7 Å². The highest BCUT2D eigenvalue weighted by Crippen LogP contribution is 2.36. The molecule has 1 atom stereocenters. The van der Waals surface area contributed by atoms with Gasteiger partial charge >= 0.3 is 0 Å². The van der Waals surface area contributed by atoms with Crippen molar-refractivity contribution >= 4 is 0 Å². The molecule has 0 radical (unpaired) electrons. The first kappa shape index (κ1) is 12.4. The molecule has 0 aromatic heterocycles. The van der Waals surface area contributed by atoms with E-state index in [1.54, 1.807) is 0 Å². The third-order valence-electron chi connectivity index (χ3n) is 4.42. The van der Waals surface area contributed by atoms with Crippen molar-refractivity contribution in [2.24, 2.45) is 11.3 Å². The normalized spacial score (nSPS) is 29.1. The fourth-order valence-electron chi connectivity index (χ4n) is 3.52. The van der Waals surface area contributed by atoms with Crippen molar-refractivity contribution in [3.8, 4) is 0 Å². The predicted molar refractivity (Wildman–Crippen MR) is 67.4 cm³/mol. The number of hydrogen-bond acceptors (Lipinski definition) is 2. The molecule has 0 aromatic carbocycles. The third kappa shape index (κ3) is 2.78. The molecule has 1 unspecified atom stereocenters. The Kier molecular flexibility index (Phi) is 3.91. The summed E-state index contributed by atoms with van der Waals surface area (Å²) < 4.78 is 0. The number of nitrogens with zero attached hydrogens (tertiary/aromatic N) is 1. The molecule has 94 valence electrons. The van der Waals surface area contributed by atoms with Crippen LogP contribution in [0.5, 0.6) is 0 Å². The zero-order valence-electron chi connectivity index (χ0n) is 10.9. The summed E-state index contributed by atoms with van der Waals surface area (Å²) in [4.78, 5) is 2.66. The Morgan fingerprint density at radius 2 is 1.81 bits per heavy atom. The number of hydrogen-bond donors (Lipinski definition) is 1. The van der Waals surface area contributed by atoms with Crippen LogP contribution in [-0.4, -0.2) is 35.7 Å². The number of aliphatic hydroxyl groups excluding tert-OH is 1. The van der Waals surface area contributed by atoms with Crippen LogP contribution in [0.15, 0.2) is 0 Å². The third-order valence-corrected chi connectivity index (χ3v) is 4.42. The van der Waals surface area contributed by atoms with Crippen LogP contribution in [-0.2, 0) is 0 Å². The summed E-state index contributed by atoms with van der Waals surface area (Å²) in [6.07, 6.45) is 8.53. The fourth-order valence-corrected chi connectivity index (χ4v) is 3.52. The van der Waals surface area contributed by atoms with Crippen LogP contribution < -0.4 is 0 Å². The Hall–Kier alpha value is -0.0800. The molecule has 0 spiro atoms. The minimum absolute atomic E-state index is 0.0706. The average molecular weight is 225 g/mol. The lowest BCUT2D eigenvalue weighted by atomic mass is 9.91. The maximum absolute atomic E-state index is 9.38. The highest BCUT2D eigenvalue weighted by molar-refractivity contribution is 4.89. The number of aliphatic hydroxyl groups is 1. The molecule has 1 saturated heterocycles. The molecule has 2 aliphatic rings. The van der Waals surface area contributed by atoms with E-state index in [4.69, 9.17) is 0 Å². The van der Waals surface area contributed by atoms with Gasteiger partial charge in [-0.1, -0.05) is 26.7 Å². The lowest BCUT2D eigenvalue weighted by Crippen LogP contribution is -2.42. The standard InChI is InChI=1S/C14H27NO/c1-14(2,11-16)10-15-9-5-8-13(15)12-6-3-4-7-12/h12-13,16H,3-11H2,1-2H3. The van der Waals surface area contributed by atoms with Crippen molar-refractivity contribution in [2.75, 3.05) is 19.7 Å². The van der Waals surface area contributed by atoms with Gasteiger partial charge in [0.25, 0.3) is 0 Å². The van der Waals surface area contributed by atoms with E-state index < -0.39 is 0 Å². The summed E-state index contributed by atoms with van der Waals surface area (Å²) in [6, 6.07) is 0.827. The second kappa shape index (κ2) is 5.05. The van der Waals surface area contributed by atoms with Gasteiger partial charge in [-0.25, -0.2) is 0 Å². The van der Waals surface area contributed by atoms with Crippen LogP contribution in [0.3, 0.4) is 0 Å². The van der Waals surface area contributed by atoms with Gasteiger partial charge in [0.2, 0.25) is 0 Å². The highest BCUT2D eigenvalue weighted by Gasteiger charge is 2.35. The first-order valence-electron chi connectivity index (χ1n) is 6.97. The molecule has 1 N–H and O–H groups in total. The van der Waals surface area contributed by atoms with Gasteiger partial charge in [0.05, 0.1) is 0 Å². The summed E-state index contributed by atoms with van der Waals surface area (Å²) in [5, 5.41) is 9.38. The Morgan fingerprint density at radius 1 is 1.12 bits per heavy atom. The molecule has 2 heteroatoms. The maximum Gasteiger partial charge on any atom is 0.0494 e. The van der Waals surface area contributed by atoms with E-state index in [1.165, 1.54) is 45.1 Å². The largest absolute Gasteiger partial charge is 0.396 e. The first-order valence-corrected chi connectivity index (χ1v) is 6.97. The summed E-state index contributed by atoms with van der Waals surface area (Å²) in [5.41, 5.74) is 0.0706. The van der Waals surface area contributed by atoms with Crippen molar-refractivity contribution < 1.29 is 5.11 Å². The molecular weight excluding hydrogens is 198 g/mol. The molecule has 0 bridgehead atoms. The fraction of sp³-hybridized carbons (Fsp3) is 1.00. The van der Waals surface area contributed by atoms with E-state index >= 15 is 0 Å². The second-order valence-electron chi connectivity index (χ2n) is 6.55. The minimum Gasteiger partial charge on any atom is -0.396 e. The van der Waals surface area contributed by atoms with Gasteiger partial charge in [-0.3, -0.25) is 4.90 Å². The van der Waals surface area contributed by atoms with Gasteiger partial charge in [0.1, 0.15) is 0 Å². The Morgan fingerprint density at radius 3 is 2.44 bits per heavy atom. The van der Waals surface area contributed by atoms with Crippen molar-refractivity contribution in [2.45, 2.75) is 58.4 Å². The van der Waals surface area contributed by atoms with Gasteiger partial charge in [0.15, 0.2) is 0 Å². The molecule has 2 nitrogen and oxygen atoms in total. The zero-order valence-corrected chi connectivity index (χ0v) is 10.9. The highest BCUT2D eigenvalue weighted by atomic mass is 16.3. The molecule has 2 rings (SSSR count). The van der Waals surface area contributed by atoms with Gasteiger partial charge in [-0.05, 0) is 38.1 Å². The average Bonchev–Trinajstić information content (AvgIpc) is 2.86. The second-order valence-corrected chi connectivity index (χ2v) is 6.55. The first-order chi connectivity index (χ1) is 7.62. The van der Waals surface area contributed by atoms with E-state index in [0.29, 0.717) is 6.61 Å². The molecule has 2 fully saturated rings. The molecule has 1 heterocycles. The van der Waals surface area contributed by atoms with Gasteiger partial charge in [-0.15, -0.1) is 0 Å². The van der Waals surface area contributed by atoms with E-state index in [-0.39, 0.29) is 5.41 Å². The summed E-state index contributed by atoms with van der Waals surface area (Å²) in [5.74, 6) is 0.956. The van der Waals surface area contributed by atoms with Crippen LogP contribution in [0.2, 0.25) is 0 Å². The molecule has 1 saturated carbocycles. The van der Waals surface area contributed by atoms with E-state index in [0.717, 1.165) is 18.5 Å². The molecule has 1 aliphatic heterocycles. The lowest BCUT2D eigenvalue weighted by Gasteiger charge is -2.35. The summed E-state index contributed by atoms with van der Waals surface area (Å²) >= 11 is 0. The minimum atomic E-state index is 0.0706. The van der Waals surface area contributed by atoms with E-state index in [1.807, 2.05) is 0 Å². The summed E-state index contributed by atoms with van der Waals surface area (Å²) in [6.45, 7) is 6.99. The molecule has 16 heavy (non-hydrogen) atoms. The quantitative estimate of drug-likeness (QED) is 0.795. The lowest BCUT2D eigenvalue weighted by molar-refractivity contribution is 0.0813. The predicted octanol–water partition coefficient (Wildman–Crippen LogP) is 2.66.